The summed E-state index contributed by atoms with van der Waals surface area (Å²) in [6.07, 6.45) is 15.7. The summed E-state index contributed by atoms with van der Waals surface area (Å²) in [4.78, 5) is 0. The first kappa shape index (κ1) is 22.3. The van der Waals surface area contributed by atoms with Crippen LogP contribution in [0, 0.1) is 0 Å². The molecule has 0 saturated heterocycles. The van der Waals surface area contributed by atoms with Crippen molar-refractivity contribution in [3.63, 3.8) is 0 Å². The third kappa shape index (κ3) is 7.68. The topological polar surface area (TPSA) is 40.5 Å². The number of aryl methyl sites for hydroxylation is 1. The van der Waals surface area contributed by atoms with E-state index in [1.54, 1.807) is 6.08 Å². The molecule has 0 amide bonds. The number of phenolic OH excluding ortho intramolecular Hbond substituents is 2. The Hall–Kier alpha value is -1.70. The van der Waals surface area contributed by atoms with Gasteiger partial charge in [0.1, 0.15) is 11.5 Å². The quantitative estimate of drug-likeness (QED) is 0.375. The number of benzene rings is 1. The zero-order valence-corrected chi connectivity index (χ0v) is 17.1. The van der Waals surface area contributed by atoms with Crippen LogP contribution in [0.25, 0.3) is 0 Å². The van der Waals surface area contributed by atoms with Crippen molar-refractivity contribution in [2.75, 3.05) is 0 Å². The molecule has 2 heteroatoms. The van der Waals surface area contributed by atoms with Gasteiger partial charge in [0.15, 0.2) is 0 Å². The molecule has 2 N–H and O–H groups in total. The van der Waals surface area contributed by atoms with E-state index in [-0.39, 0.29) is 17.4 Å². The fourth-order valence-electron chi connectivity index (χ4n) is 3.65. The molecule has 1 unspecified atom stereocenters. The number of rotatable bonds is 8. The molecule has 0 saturated carbocycles. The molecule has 2 rings (SSSR count). The molecule has 1 aliphatic carbocycles. The Morgan fingerprint density at radius 3 is 2.23 bits per heavy atom. The summed E-state index contributed by atoms with van der Waals surface area (Å²) in [5, 5.41) is 20.8. The molecular formula is C24H38O2. The average Bonchev–Trinajstić information content (AvgIpc) is 2.58. The summed E-state index contributed by atoms with van der Waals surface area (Å²) in [7, 11) is 0. The molecule has 0 spiro atoms. The predicted octanol–water partition coefficient (Wildman–Crippen LogP) is 7.41. The second-order valence-electron chi connectivity index (χ2n) is 7.49. The van der Waals surface area contributed by atoms with Crippen LogP contribution < -0.4 is 0 Å². The Kier molecular flexibility index (Phi) is 10.8. The van der Waals surface area contributed by atoms with Gasteiger partial charge in [-0.25, -0.2) is 0 Å². The molecule has 2 nitrogen and oxygen atoms in total. The summed E-state index contributed by atoms with van der Waals surface area (Å²) in [5.41, 5.74) is 3.13. The van der Waals surface area contributed by atoms with Crippen LogP contribution in [0.1, 0.15) is 95.6 Å². The van der Waals surface area contributed by atoms with Crippen LogP contribution in [0.4, 0.5) is 0 Å². The number of allylic oxidation sites excluding steroid dienone is 3. The Balaban J connectivity index is 0.00000105. The Morgan fingerprint density at radius 2 is 1.65 bits per heavy atom. The Bertz CT molecular complexity index is 549. The molecular weight excluding hydrogens is 320 g/mol. The van der Waals surface area contributed by atoms with E-state index in [1.165, 1.54) is 37.7 Å². The highest BCUT2D eigenvalue weighted by atomic mass is 16.3. The highest BCUT2D eigenvalue weighted by molar-refractivity contribution is 5.50. The normalized spacial score (nSPS) is 16.4. The molecule has 1 aromatic carbocycles. The summed E-state index contributed by atoms with van der Waals surface area (Å²) in [5.74, 6) is 0.690. The van der Waals surface area contributed by atoms with Crippen molar-refractivity contribution in [2.24, 2.45) is 0 Å². The number of aromatic hydroxyl groups is 2. The van der Waals surface area contributed by atoms with Crippen molar-refractivity contribution in [1.29, 1.82) is 0 Å². The van der Waals surface area contributed by atoms with Gasteiger partial charge in [-0.05, 0) is 63.6 Å². The van der Waals surface area contributed by atoms with Gasteiger partial charge >= 0.3 is 0 Å². The van der Waals surface area contributed by atoms with E-state index in [0.29, 0.717) is 0 Å². The predicted molar refractivity (Wildman–Crippen MR) is 113 cm³/mol. The minimum atomic E-state index is 0.159. The highest BCUT2D eigenvalue weighted by Gasteiger charge is 2.21. The zero-order valence-electron chi connectivity index (χ0n) is 17.1. The third-order valence-corrected chi connectivity index (χ3v) is 4.96. The maximum atomic E-state index is 10.4. The van der Waals surface area contributed by atoms with Gasteiger partial charge < -0.3 is 10.2 Å². The molecule has 0 heterocycles. The zero-order chi connectivity index (χ0) is 19.4. The molecule has 1 atom stereocenters. The first-order valence-corrected chi connectivity index (χ1v) is 10.3. The Morgan fingerprint density at radius 1 is 1.08 bits per heavy atom. The number of phenols is 2. The van der Waals surface area contributed by atoms with Gasteiger partial charge in [0.2, 0.25) is 0 Å². The number of unbranched alkanes of at least 4 members (excludes halogenated alkanes) is 5. The fraction of sp³-hybridized carbons (Fsp3) is 0.583. The van der Waals surface area contributed by atoms with Gasteiger partial charge in [0.25, 0.3) is 0 Å². The minimum absolute atomic E-state index is 0.159. The molecule has 1 aromatic rings. The van der Waals surface area contributed by atoms with Gasteiger partial charge in [-0.1, -0.05) is 56.8 Å². The molecule has 0 aromatic heterocycles. The van der Waals surface area contributed by atoms with Crippen LogP contribution in [0.15, 0.2) is 36.4 Å². The van der Waals surface area contributed by atoms with Crippen molar-refractivity contribution >= 4 is 0 Å². The van der Waals surface area contributed by atoms with Crippen LogP contribution in [-0.4, -0.2) is 10.2 Å². The van der Waals surface area contributed by atoms with Gasteiger partial charge in [-0.15, -0.1) is 6.58 Å². The lowest BCUT2D eigenvalue weighted by atomic mass is 9.84. The van der Waals surface area contributed by atoms with Gasteiger partial charge in [-0.2, -0.15) is 0 Å². The summed E-state index contributed by atoms with van der Waals surface area (Å²) >= 11 is 0. The van der Waals surface area contributed by atoms with Crippen molar-refractivity contribution in [2.45, 2.75) is 90.9 Å². The van der Waals surface area contributed by atoms with E-state index in [0.717, 1.165) is 43.2 Å². The van der Waals surface area contributed by atoms with E-state index in [2.05, 4.69) is 26.5 Å². The van der Waals surface area contributed by atoms with Crippen LogP contribution in [-0.2, 0) is 6.42 Å². The highest BCUT2D eigenvalue weighted by Crippen LogP contribution is 2.41. The van der Waals surface area contributed by atoms with E-state index in [1.807, 2.05) is 19.1 Å². The summed E-state index contributed by atoms with van der Waals surface area (Å²) in [6, 6.07) is 3.72. The first-order chi connectivity index (χ1) is 12.5. The van der Waals surface area contributed by atoms with Crippen LogP contribution in [0.3, 0.4) is 0 Å². The smallest absolute Gasteiger partial charge is 0.123 e. The van der Waals surface area contributed by atoms with Crippen LogP contribution in [0.5, 0.6) is 11.5 Å². The molecule has 0 radical (unpaired) electrons. The van der Waals surface area contributed by atoms with E-state index < -0.39 is 0 Å². The second kappa shape index (κ2) is 12.6. The van der Waals surface area contributed by atoms with Crippen molar-refractivity contribution in [3.05, 3.63) is 47.6 Å². The average molecular weight is 359 g/mol. The monoisotopic (exact) mass is 358 g/mol. The van der Waals surface area contributed by atoms with E-state index in [4.69, 9.17) is 0 Å². The maximum Gasteiger partial charge on any atom is 0.123 e. The Labute approximate surface area is 160 Å². The molecule has 0 bridgehead atoms. The number of hydrogen-bond donors (Lipinski definition) is 2. The molecule has 0 aliphatic heterocycles. The lowest BCUT2D eigenvalue weighted by molar-refractivity contribution is 0.427. The molecule has 146 valence electrons. The minimum Gasteiger partial charge on any atom is -0.507 e. The van der Waals surface area contributed by atoms with E-state index in [9.17, 15) is 10.2 Å². The largest absolute Gasteiger partial charge is 0.507 e. The standard InChI is InChI=1S/C21H32O2.C3H6/c1-3-4-5-6-7-8-11-17-14-19(22)21(20(23)15-17)18-12-9-10-16(2)13-18;1-3-2/h13-15,18,22-23H,3-12H2,1-2H3;3H,1H2,2H3. The number of hydrogen-bond acceptors (Lipinski definition) is 2. The maximum absolute atomic E-state index is 10.4. The van der Waals surface area contributed by atoms with E-state index >= 15 is 0 Å². The SMILES string of the molecule is C=CC.CCCCCCCCc1cc(O)c(C2C=C(C)CCC2)c(O)c1. The van der Waals surface area contributed by atoms with Crippen molar-refractivity contribution in [3.8, 4) is 11.5 Å². The van der Waals surface area contributed by atoms with Gasteiger partial charge in [0.05, 0.1) is 0 Å². The van der Waals surface area contributed by atoms with Gasteiger partial charge in [0, 0.05) is 11.5 Å². The first-order valence-electron chi connectivity index (χ1n) is 10.3. The lowest BCUT2D eigenvalue weighted by Gasteiger charge is -2.22. The van der Waals surface area contributed by atoms with Crippen LogP contribution >= 0.6 is 0 Å². The summed E-state index contributed by atoms with van der Waals surface area (Å²) < 4.78 is 0. The van der Waals surface area contributed by atoms with Crippen LogP contribution in [0.2, 0.25) is 0 Å². The fourth-order valence-corrected chi connectivity index (χ4v) is 3.65. The lowest BCUT2D eigenvalue weighted by Crippen LogP contribution is -2.03. The van der Waals surface area contributed by atoms with Gasteiger partial charge in [-0.3, -0.25) is 0 Å². The third-order valence-electron chi connectivity index (χ3n) is 4.96. The molecule has 1 aliphatic rings. The van der Waals surface area contributed by atoms with Crippen molar-refractivity contribution < 1.29 is 10.2 Å². The summed E-state index contributed by atoms with van der Waals surface area (Å²) in [6.45, 7) is 9.61. The molecule has 0 fully saturated rings. The van der Waals surface area contributed by atoms with Crippen molar-refractivity contribution in [1.82, 2.24) is 0 Å². The molecule has 26 heavy (non-hydrogen) atoms. The second-order valence-corrected chi connectivity index (χ2v) is 7.49.